The molecule has 0 N–H and O–H groups in total. The van der Waals surface area contributed by atoms with E-state index >= 15 is 0 Å². The molecule has 0 aliphatic rings. The van der Waals surface area contributed by atoms with Crippen molar-refractivity contribution >= 4 is 32.9 Å². The second-order valence-electron chi connectivity index (χ2n) is 0. The van der Waals surface area contributed by atoms with Crippen LogP contribution >= 0.6 is 0 Å². The quantitative estimate of drug-likeness (QED) is 0.272. The molecule has 0 unspecified atom stereocenters. The van der Waals surface area contributed by atoms with E-state index in [4.69, 9.17) is 0 Å². The summed E-state index contributed by atoms with van der Waals surface area (Å²) in [4.78, 5) is 0. The zero-order valence-corrected chi connectivity index (χ0v) is 16.9. The van der Waals surface area contributed by atoms with Crippen LogP contribution in [0, 0.1) is 0 Å². The molecule has 0 saturated carbocycles. The van der Waals surface area contributed by atoms with Crippen LogP contribution in [0.1, 0.15) is 22.3 Å². The summed E-state index contributed by atoms with van der Waals surface area (Å²) in [7, 11) is 0. The molecule has 0 saturated heterocycles. The van der Waals surface area contributed by atoms with E-state index < -0.39 is 0 Å². The molecule has 4 nitrogen and oxygen atoms in total. The third-order valence-corrected chi connectivity index (χ3v) is 0. The van der Waals surface area contributed by atoms with Gasteiger partial charge in [0, 0.05) is 78.6 Å². The van der Waals surface area contributed by atoms with Crippen molar-refractivity contribution in [3.63, 3.8) is 0 Å². The Hall–Kier alpha value is 5.01. The van der Waals surface area contributed by atoms with Gasteiger partial charge in [-0.15, -0.1) is 0 Å². The predicted molar refractivity (Wildman–Crippen MR) is 67.6 cm³/mol. The molecule has 0 spiro atoms. The Balaban J connectivity index is 0. The van der Waals surface area contributed by atoms with E-state index in [9.17, 15) is 0 Å². The van der Waals surface area contributed by atoms with E-state index in [1.165, 1.54) is 0 Å². The summed E-state index contributed by atoms with van der Waals surface area (Å²) in [6.45, 7) is 0. The maximum Gasteiger partial charge on any atom is 4.00 e. The molecule has 0 fully saturated rings. The van der Waals surface area contributed by atoms with Crippen molar-refractivity contribution in [1.82, 2.24) is 0 Å². The van der Waals surface area contributed by atoms with Gasteiger partial charge in [-0.25, -0.2) is 0 Å². The Labute approximate surface area is 213 Å². The first-order chi connectivity index (χ1) is 0. The molecule has 0 bridgehead atoms. The van der Waals surface area contributed by atoms with Gasteiger partial charge in [0.25, 0.3) is 0 Å². The van der Waals surface area contributed by atoms with Crippen LogP contribution in [0.2, 0.25) is 0 Å². The normalized spacial score (nSPS) is 0. The number of nitrogens with zero attached hydrogens (tertiary/aromatic N) is 4. The fourth-order valence-electron chi connectivity index (χ4n) is 0. The summed E-state index contributed by atoms with van der Waals surface area (Å²) in [5.41, 5.74) is 0. The largest absolute Gasteiger partial charge is 4.00 e. The van der Waals surface area contributed by atoms with Crippen LogP contribution in [-0.2, 0) is 137 Å². The van der Waals surface area contributed by atoms with Crippen LogP contribution in [0.15, 0.2) is 0 Å². The van der Waals surface area contributed by atoms with E-state index in [1.807, 2.05) is 0 Å². The molecule has 13 heteroatoms. The Kier molecular flexibility index (Phi) is 6030. The predicted octanol–water partition coefficient (Wildman–Crippen LogP) is -1.31. The van der Waals surface area contributed by atoms with Crippen molar-refractivity contribution in [3.8, 4) is 0 Å². The summed E-state index contributed by atoms with van der Waals surface area (Å²) in [6, 6.07) is 0. The van der Waals surface area contributed by atoms with Gasteiger partial charge < -0.3 is 24.6 Å². The minimum Gasteiger partial charge on any atom is -3.00 e. The van der Waals surface area contributed by atoms with E-state index in [1.54, 1.807) is 0 Å². The van der Waals surface area contributed by atoms with Crippen molar-refractivity contribution in [1.29, 1.82) is 0 Å². The van der Waals surface area contributed by atoms with Crippen molar-refractivity contribution in [2.75, 3.05) is 0 Å². The maximum absolute atomic E-state index is 0. The second-order valence-corrected chi connectivity index (χ2v) is 0. The van der Waals surface area contributed by atoms with Crippen molar-refractivity contribution in [3.05, 3.63) is 24.6 Å². The number of hydrogen-bond donors (Lipinski definition) is 0. The summed E-state index contributed by atoms with van der Waals surface area (Å²) >= 11 is 0. The zero-order valence-electron chi connectivity index (χ0n) is 4.35. The van der Waals surface area contributed by atoms with E-state index in [0.717, 1.165) is 0 Å². The molecule has 104 valence electrons. The first kappa shape index (κ1) is 335. The van der Waals surface area contributed by atoms with Crippen LogP contribution in [0.4, 0.5) is 0 Å². The Morgan fingerprint density at radius 2 is 0.312 bits per heavy atom. The topological polar surface area (TPSA) is 122 Å². The SMILES string of the molecule is C.C.C.[N-3].[N-3].[N-3].[N-3].[Ru+4].[Ru+4].[Ru+4].[SiH4].[SiH4].[SiH4].[Zr].[Zr].[Zr]. The molecule has 0 amide bonds. The molecule has 0 aromatic rings. The summed E-state index contributed by atoms with van der Waals surface area (Å²) in [6.07, 6.45) is 0. The van der Waals surface area contributed by atoms with Gasteiger partial charge in [-0.3, -0.25) is 0 Å². The zero-order chi connectivity index (χ0) is 0. The molecule has 0 aromatic heterocycles. The Bertz CT molecular complexity index is 37.0. The summed E-state index contributed by atoms with van der Waals surface area (Å²) in [5.74, 6) is 0. The second kappa shape index (κ2) is 288. The number of rotatable bonds is 0. The molecular weight excluding hydrogens is 753 g/mol. The smallest absolute Gasteiger partial charge is 3.00 e. The first-order valence-corrected chi connectivity index (χ1v) is 0. The third kappa shape index (κ3) is 246. The molecular formula is C3H24N4Ru3Si3Zr3. The van der Waals surface area contributed by atoms with Crippen molar-refractivity contribution in [2.45, 2.75) is 22.3 Å². The van der Waals surface area contributed by atoms with Gasteiger partial charge in [0.1, 0.15) is 0 Å². The average molecular weight is 777 g/mol. The molecule has 0 heterocycles. The van der Waals surface area contributed by atoms with E-state index in [0.29, 0.717) is 0 Å². The fraction of sp³-hybridized carbons (Fsp3) is 1.00. The van der Waals surface area contributed by atoms with Crippen molar-refractivity contribution in [2.24, 2.45) is 0 Å². The molecule has 0 aliphatic carbocycles. The average Bonchev–Trinajstić information content (AvgIpc) is 0. The van der Waals surface area contributed by atoms with Crippen LogP contribution in [0.25, 0.3) is 24.6 Å². The standard InChI is InChI=1S/3CH4.4N.3Ru.3H4Si.3Zr/h3*1H4;;;;;;;;3*1H4;;;/q;;;4*-3;3*+4;;;;;;. The first-order valence-electron chi connectivity index (χ1n) is 0. The molecule has 0 rings (SSSR count). The molecule has 0 aromatic carbocycles. The van der Waals surface area contributed by atoms with Gasteiger partial charge in [0.2, 0.25) is 0 Å². The monoisotopic (exact) mass is 776 g/mol. The van der Waals surface area contributed by atoms with Gasteiger partial charge in [0.15, 0.2) is 0 Å². The minimum atomic E-state index is 0. The van der Waals surface area contributed by atoms with Crippen LogP contribution in [-0.4, -0.2) is 32.9 Å². The fourth-order valence-corrected chi connectivity index (χ4v) is 0. The van der Waals surface area contributed by atoms with Gasteiger partial charge in [-0.05, 0) is 32.9 Å². The minimum absolute atomic E-state index is 0. The summed E-state index contributed by atoms with van der Waals surface area (Å²) in [5, 5.41) is 0. The van der Waals surface area contributed by atoms with Crippen LogP contribution in [0.3, 0.4) is 0 Å². The summed E-state index contributed by atoms with van der Waals surface area (Å²) < 4.78 is 0. The third-order valence-electron chi connectivity index (χ3n) is 0. The van der Waals surface area contributed by atoms with Gasteiger partial charge in [-0.2, -0.15) is 0 Å². The van der Waals surface area contributed by atoms with Gasteiger partial charge in [-0.1, -0.05) is 22.3 Å². The van der Waals surface area contributed by atoms with Gasteiger partial charge >= 0.3 is 58.4 Å². The molecule has 0 atom stereocenters. The molecule has 0 aliphatic heterocycles. The molecule has 16 heavy (non-hydrogen) atoms. The Morgan fingerprint density at radius 1 is 0.312 bits per heavy atom. The van der Waals surface area contributed by atoms with Crippen molar-refractivity contribution < 1.29 is 137 Å². The van der Waals surface area contributed by atoms with Crippen LogP contribution in [0.5, 0.6) is 0 Å². The van der Waals surface area contributed by atoms with Crippen LogP contribution < -0.4 is 0 Å². The van der Waals surface area contributed by atoms with Gasteiger partial charge in [0.05, 0.1) is 0 Å². The maximum atomic E-state index is 0. The number of hydrogen-bond acceptors (Lipinski definition) is 0. The van der Waals surface area contributed by atoms with E-state index in [2.05, 4.69) is 0 Å². The Morgan fingerprint density at radius 3 is 0.312 bits per heavy atom. The molecule has 0 radical (unpaired) electrons. The van der Waals surface area contributed by atoms with E-state index in [-0.39, 0.29) is 217 Å².